The molecule has 140 valence electrons. The van der Waals surface area contributed by atoms with Gasteiger partial charge in [-0.2, -0.15) is 0 Å². The van der Waals surface area contributed by atoms with Crippen LogP contribution in [0.1, 0.15) is 41.0 Å². The summed E-state index contributed by atoms with van der Waals surface area (Å²) in [6.07, 6.45) is 4.75. The van der Waals surface area contributed by atoms with Crippen LogP contribution in [0.3, 0.4) is 0 Å². The summed E-state index contributed by atoms with van der Waals surface area (Å²) < 4.78 is 0. The molecule has 1 aliphatic rings. The quantitative estimate of drug-likeness (QED) is 0.649. The summed E-state index contributed by atoms with van der Waals surface area (Å²) in [6.45, 7) is 6.12. The maximum absolute atomic E-state index is 12.5. The minimum atomic E-state index is -0.0643. The molecule has 1 aromatic carbocycles. The number of aryl methyl sites for hydroxylation is 1. The van der Waals surface area contributed by atoms with Crippen molar-refractivity contribution < 1.29 is 4.79 Å². The second-order valence-corrected chi connectivity index (χ2v) is 8.41. The first-order valence-corrected chi connectivity index (χ1v) is 10.6. The van der Waals surface area contributed by atoms with E-state index in [1.54, 1.807) is 18.2 Å². The van der Waals surface area contributed by atoms with E-state index in [4.69, 9.17) is 23.2 Å². The second-order valence-electron chi connectivity index (χ2n) is 6.57. The van der Waals surface area contributed by atoms with E-state index >= 15 is 0 Å². The number of aromatic nitrogens is 1. The van der Waals surface area contributed by atoms with Crippen molar-refractivity contribution in [2.75, 3.05) is 26.2 Å². The molecule has 4 nitrogen and oxygen atoms in total. The van der Waals surface area contributed by atoms with Gasteiger partial charge in [-0.25, -0.2) is 4.98 Å². The zero-order valence-electron chi connectivity index (χ0n) is 14.9. The summed E-state index contributed by atoms with van der Waals surface area (Å²) in [7, 11) is 0. The summed E-state index contributed by atoms with van der Waals surface area (Å²) in [5, 5.41) is 4.91. The van der Waals surface area contributed by atoms with Gasteiger partial charge in [0.15, 0.2) is 0 Å². The van der Waals surface area contributed by atoms with Crippen molar-refractivity contribution in [3.63, 3.8) is 0 Å². The maximum Gasteiger partial charge on any atom is 0.263 e. The van der Waals surface area contributed by atoms with Crippen molar-refractivity contribution in [1.82, 2.24) is 15.2 Å². The Hall–Kier alpha value is -1.14. The van der Waals surface area contributed by atoms with E-state index in [1.807, 2.05) is 6.92 Å². The number of amides is 1. The zero-order valence-corrected chi connectivity index (χ0v) is 17.2. The van der Waals surface area contributed by atoms with Crippen molar-refractivity contribution in [3.05, 3.63) is 38.8 Å². The van der Waals surface area contributed by atoms with E-state index in [0.29, 0.717) is 26.5 Å². The van der Waals surface area contributed by atoms with Crippen LogP contribution >= 0.6 is 34.5 Å². The van der Waals surface area contributed by atoms with Gasteiger partial charge in [0.2, 0.25) is 0 Å². The van der Waals surface area contributed by atoms with Gasteiger partial charge in [-0.15, -0.1) is 11.3 Å². The summed E-state index contributed by atoms with van der Waals surface area (Å²) in [4.78, 5) is 20.1. The van der Waals surface area contributed by atoms with Crippen molar-refractivity contribution in [1.29, 1.82) is 0 Å². The minimum Gasteiger partial charge on any atom is -0.351 e. The topological polar surface area (TPSA) is 45.2 Å². The van der Waals surface area contributed by atoms with Crippen molar-refractivity contribution in [2.24, 2.45) is 0 Å². The first kappa shape index (κ1) is 19.6. The molecule has 26 heavy (non-hydrogen) atoms. The van der Waals surface area contributed by atoms with E-state index in [1.165, 1.54) is 37.3 Å². The van der Waals surface area contributed by atoms with Gasteiger partial charge in [0.1, 0.15) is 9.88 Å². The van der Waals surface area contributed by atoms with Gasteiger partial charge in [0.05, 0.1) is 10.7 Å². The predicted molar refractivity (Wildman–Crippen MR) is 110 cm³/mol. The maximum atomic E-state index is 12.5. The molecule has 1 amide bonds. The highest BCUT2D eigenvalue weighted by Crippen LogP contribution is 2.34. The van der Waals surface area contributed by atoms with Crippen LogP contribution in [0.25, 0.3) is 10.6 Å². The van der Waals surface area contributed by atoms with Gasteiger partial charge in [0, 0.05) is 17.1 Å². The third kappa shape index (κ3) is 4.97. The molecule has 1 aromatic heterocycles. The first-order chi connectivity index (χ1) is 12.5. The molecule has 1 saturated heterocycles. The Balaban J connectivity index is 1.54. The lowest BCUT2D eigenvalue weighted by molar-refractivity contribution is 0.0956. The number of hydrogen-bond donors (Lipinski definition) is 1. The number of halogens is 2. The SMILES string of the molecule is Cc1nc(-c2cc(Cl)ccc2Cl)sc1C(=O)NCCCCN1CCCC1. The lowest BCUT2D eigenvalue weighted by atomic mass is 10.2. The van der Waals surface area contributed by atoms with E-state index in [9.17, 15) is 4.79 Å². The standard InChI is InChI=1S/C19H23Cl2N3OS/c1-13-17(18(25)22-8-2-3-9-24-10-4-5-11-24)26-19(23-13)15-12-14(20)6-7-16(15)21/h6-7,12H,2-5,8-11H2,1H3,(H,22,25). The molecule has 0 saturated carbocycles. The van der Waals surface area contributed by atoms with Crippen LogP contribution in [0.4, 0.5) is 0 Å². The molecular formula is C19H23Cl2N3OS. The van der Waals surface area contributed by atoms with Gasteiger partial charge < -0.3 is 10.2 Å². The number of nitrogens with zero attached hydrogens (tertiary/aromatic N) is 2. The van der Waals surface area contributed by atoms with Crippen LogP contribution in [-0.2, 0) is 0 Å². The molecule has 2 heterocycles. The van der Waals surface area contributed by atoms with Crippen LogP contribution < -0.4 is 5.32 Å². The average Bonchev–Trinajstić information content (AvgIpc) is 3.26. The molecule has 0 atom stereocenters. The van der Waals surface area contributed by atoms with Crippen molar-refractivity contribution in [2.45, 2.75) is 32.6 Å². The Morgan fingerprint density at radius 1 is 1.27 bits per heavy atom. The lowest BCUT2D eigenvalue weighted by Gasteiger charge is -2.13. The van der Waals surface area contributed by atoms with Gasteiger partial charge in [0.25, 0.3) is 5.91 Å². The number of carbonyl (C=O) groups is 1. The van der Waals surface area contributed by atoms with Crippen molar-refractivity contribution in [3.8, 4) is 10.6 Å². The molecule has 1 aliphatic heterocycles. The number of rotatable bonds is 7. The zero-order chi connectivity index (χ0) is 18.5. The molecule has 0 aliphatic carbocycles. The van der Waals surface area contributed by atoms with Crippen LogP contribution in [0, 0.1) is 6.92 Å². The normalized spacial score (nSPS) is 14.7. The molecule has 0 unspecified atom stereocenters. The fraction of sp³-hybridized carbons (Fsp3) is 0.474. The largest absolute Gasteiger partial charge is 0.351 e. The molecule has 1 N–H and O–H groups in total. The fourth-order valence-electron chi connectivity index (χ4n) is 3.13. The monoisotopic (exact) mass is 411 g/mol. The summed E-state index contributed by atoms with van der Waals surface area (Å²) >= 11 is 13.7. The Labute approximate surface area is 168 Å². The van der Waals surface area contributed by atoms with Gasteiger partial charge in [-0.3, -0.25) is 4.79 Å². The average molecular weight is 412 g/mol. The molecule has 1 fully saturated rings. The Bertz CT molecular complexity index is 772. The highest BCUT2D eigenvalue weighted by Gasteiger charge is 2.17. The number of hydrogen-bond acceptors (Lipinski definition) is 4. The summed E-state index contributed by atoms with van der Waals surface area (Å²) in [6, 6.07) is 5.27. The van der Waals surface area contributed by atoms with Crippen LogP contribution in [0.15, 0.2) is 18.2 Å². The predicted octanol–water partition coefficient (Wildman–Crippen LogP) is 5.03. The molecule has 0 bridgehead atoms. The molecule has 0 radical (unpaired) electrons. The van der Waals surface area contributed by atoms with E-state index in [-0.39, 0.29) is 5.91 Å². The van der Waals surface area contributed by atoms with Crippen LogP contribution in [0.5, 0.6) is 0 Å². The minimum absolute atomic E-state index is 0.0643. The third-order valence-electron chi connectivity index (χ3n) is 4.55. The first-order valence-electron chi connectivity index (χ1n) is 8.98. The number of nitrogens with one attached hydrogen (secondary N) is 1. The molecule has 2 aromatic rings. The third-order valence-corrected chi connectivity index (χ3v) is 6.30. The van der Waals surface area contributed by atoms with E-state index in [2.05, 4.69) is 15.2 Å². The molecular weight excluding hydrogens is 389 g/mol. The van der Waals surface area contributed by atoms with E-state index < -0.39 is 0 Å². The Kier molecular flexibility index (Phi) is 6.92. The highest BCUT2D eigenvalue weighted by atomic mass is 35.5. The summed E-state index contributed by atoms with van der Waals surface area (Å²) in [5.74, 6) is -0.0643. The van der Waals surface area contributed by atoms with E-state index in [0.717, 1.165) is 30.6 Å². The number of carbonyl (C=O) groups excluding carboxylic acids is 1. The number of unbranched alkanes of at least 4 members (excludes halogenated alkanes) is 1. The van der Waals surface area contributed by atoms with Crippen LogP contribution in [-0.4, -0.2) is 42.0 Å². The van der Waals surface area contributed by atoms with Crippen molar-refractivity contribution >= 4 is 40.4 Å². The van der Waals surface area contributed by atoms with Gasteiger partial charge in [-0.05, 0) is 70.4 Å². The number of thiazole rings is 1. The molecule has 3 rings (SSSR count). The molecule has 7 heteroatoms. The summed E-state index contributed by atoms with van der Waals surface area (Å²) in [5.41, 5.74) is 1.48. The number of likely N-dealkylation sites (tertiary alicyclic amines) is 1. The Morgan fingerprint density at radius 2 is 2.04 bits per heavy atom. The number of benzene rings is 1. The second kappa shape index (κ2) is 9.18. The van der Waals surface area contributed by atoms with Gasteiger partial charge >= 0.3 is 0 Å². The van der Waals surface area contributed by atoms with Gasteiger partial charge in [-0.1, -0.05) is 23.2 Å². The smallest absolute Gasteiger partial charge is 0.263 e. The fourth-order valence-corrected chi connectivity index (χ4v) is 4.58. The lowest BCUT2D eigenvalue weighted by Crippen LogP contribution is -2.26. The highest BCUT2D eigenvalue weighted by molar-refractivity contribution is 7.17. The Morgan fingerprint density at radius 3 is 2.81 bits per heavy atom. The van der Waals surface area contributed by atoms with Crippen LogP contribution in [0.2, 0.25) is 10.0 Å². The molecule has 0 spiro atoms.